The Labute approximate surface area is 231 Å². The van der Waals surface area contributed by atoms with E-state index in [0.29, 0.717) is 12.4 Å². The molecule has 0 N–H and O–H groups in total. The molecule has 1 atom stereocenters. The number of hydrogen-bond acceptors (Lipinski definition) is 7. The molecule has 1 saturated heterocycles. The van der Waals surface area contributed by atoms with E-state index in [4.69, 9.17) is 14.5 Å². The largest absolute Gasteiger partial charge is 0.494 e. The molecule has 38 heavy (non-hydrogen) atoms. The zero-order valence-corrected chi connectivity index (χ0v) is 23.8. The van der Waals surface area contributed by atoms with Crippen molar-refractivity contribution in [2.45, 2.75) is 65.0 Å². The van der Waals surface area contributed by atoms with Crippen LogP contribution in [0.5, 0.6) is 0 Å². The Hall–Kier alpha value is -2.97. The Kier molecular flexibility index (Phi) is 9.39. The summed E-state index contributed by atoms with van der Waals surface area (Å²) in [5, 5.41) is 13.1. The number of halogens is 1. The zero-order valence-electron chi connectivity index (χ0n) is 22.9. The Morgan fingerprint density at radius 1 is 1.05 bits per heavy atom. The second-order valence-electron chi connectivity index (χ2n) is 10.0. The number of aromatic nitrogens is 4. The van der Waals surface area contributed by atoms with Crippen LogP contribution in [0.3, 0.4) is 0 Å². The monoisotopic (exact) mass is 538 g/mol. The average molecular weight is 539 g/mol. The van der Waals surface area contributed by atoms with Gasteiger partial charge in [-0.15, -0.1) is 22.6 Å². The van der Waals surface area contributed by atoms with Crippen LogP contribution in [0.25, 0.3) is 11.4 Å². The number of benzene rings is 1. The molecule has 1 aromatic heterocycles. The molecule has 0 spiro atoms. The van der Waals surface area contributed by atoms with Gasteiger partial charge >= 0.3 is 0 Å². The normalized spacial score (nSPS) is 19.3. The summed E-state index contributed by atoms with van der Waals surface area (Å²) in [5.74, 6) is 2.35. The van der Waals surface area contributed by atoms with Gasteiger partial charge in [-0.2, -0.15) is 4.80 Å². The van der Waals surface area contributed by atoms with Crippen molar-refractivity contribution in [2.75, 3.05) is 33.9 Å². The van der Waals surface area contributed by atoms with E-state index in [9.17, 15) is 0 Å². The lowest BCUT2D eigenvalue weighted by Gasteiger charge is -2.37. The topological polar surface area (TPSA) is 77.7 Å². The van der Waals surface area contributed by atoms with Crippen molar-refractivity contribution < 1.29 is 9.47 Å². The van der Waals surface area contributed by atoms with E-state index in [1.807, 2.05) is 6.92 Å². The standard InChI is InChI=1S/C29H38N6O2.ClH/c1-5-7-8-9-15-35-32-29(31-33-35)21-12-10-20(11-13-21)28-23-18-26(36-4)27(37-6-2)17-22(23)24-19-34(3)16-14-25(24)30-28;/h10-13,18,25H,5-9,14-17,19H2,1-4H3;1H. The van der Waals surface area contributed by atoms with E-state index in [1.165, 1.54) is 30.4 Å². The third-order valence-corrected chi connectivity index (χ3v) is 7.39. The molecule has 1 aliphatic carbocycles. The fourth-order valence-corrected chi connectivity index (χ4v) is 5.41. The molecule has 0 radical (unpaired) electrons. The summed E-state index contributed by atoms with van der Waals surface area (Å²) >= 11 is 0. The minimum atomic E-state index is 0. The van der Waals surface area contributed by atoms with Crippen molar-refractivity contribution in [2.24, 2.45) is 4.99 Å². The highest BCUT2D eigenvalue weighted by Crippen LogP contribution is 2.40. The minimum absolute atomic E-state index is 0. The number of hydrogen-bond donors (Lipinski definition) is 0. The number of piperidine rings is 1. The first-order chi connectivity index (χ1) is 18.1. The number of nitrogens with zero attached hydrogens (tertiary/aromatic N) is 6. The smallest absolute Gasteiger partial charge is 0.204 e. The number of tetrazole rings is 1. The summed E-state index contributed by atoms with van der Waals surface area (Å²) < 4.78 is 11.7. The number of rotatable bonds is 10. The molecular weight excluding hydrogens is 500 g/mol. The van der Waals surface area contributed by atoms with Gasteiger partial charge in [0.15, 0.2) is 5.76 Å². The van der Waals surface area contributed by atoms with Crippen LogP contribution in [0.4, 0.5) is 0 Å². The molecule has 5 rings (SSSR count). The summed E-state index contributed by atoms with van der Waals surface area (Å²) in [7, 11) is 3.89. The van der Waals surface area contributed by atoms with Gasteiger partial charge in [-0.1, -0.05) is 50.5 Å². The Balaban J connectivity index is 0.00000336. The maximum atomic E-state index is 5.99. The SMILES string of the molecule is CCCCCCn1nnc(-c2ccc(C3=NC4CCN(C)CC4=C4CC(OCC)=C(OC)C=C34)cc2)n1.Cl. The number of aryl methyl sites for hydroxylation is 1. The number of likely N-dealkylation sites (N-methyl/N-ethyl adjacent to an activating group) is 1. The van der Waals surface area contributed by atoms with Crippen molar-refractivity contribution in [3.05, 3.63) is 64.1 Å². The zero-order chi connectivity index (χ0) is 25.8. The van der Waals surface area contributed by atoms with Gasteiger partial charge in [0, 0.05) is 36.2 Å². The van der Waals surface area contributed by atoms with Gasteiger partial charge in [0.1, 0.15) is 5.76 Å². The lowest BCUT2D eigenvalue weighted by molar-refractivity contribution is 0.186. The Bertz CT molecular complexity index is 1240. The van der Waals surface area contributed by atoms with Crippen molar-refractivity contribution in [1.82, 2.24) is 25.1 Å². The lowest BCUT2D eigenvalue weighted by atomic mass is 9.79. The highest BCUT2D eigenvalue weighted by Gasteiger charge is 2.35. The van der Waals surface area contributed by atoms with Crippen LogP contribution < -0.4 is 0 Å². The van der Waals surface area contributed by atoms with Crippen LogP contribution >= 0.6 is 12.4 Å². The predicted octanol–water partition coefficient (Wildman–Crippen LogP) is 5.37. The number of aliphatic imine (C=N–C) groups is 1. The molecule has 0 amide bonds. The van der Waals surface area contributed by atoms with E-state index >= 15 is 0 Å². The molecule has 9 heteroatoms. The number of allylic oxidation sites excluding steroid dienone is 3. The molecule has 1 aromatic carbocycles. The fraction of sp³-hybridized carbons (Fsp3) is 0.517. The van der Waals surface area contributed by atoms with Crippen molar-refractivity contribution in [3.63, 3.8) is 0 Å². The first kappa shape index (κ1) is 28.0. The van der Waals surface area contributed by atoms with Gasteiger partial charge in [-0.3, -0.25) is 4.99 Å². The van der Waals surface area contributed by atoms with Crippen LogP contribution in [0.2, 0.25) is 0 Å². The minimum Gasteiger partial charge on any atom is -0.494 e. The molecule has 0 bridgehead atoms. The summed E-state index contributed by atoms with van der Waals surface area (Å²) in [5.41, 5.74) is 6.97. The van der Waals surface area contributed by atoms with Gasteiger partial charge in [-0.05, 0) is 49.2 Å². The summed E-state index contributed by atoms with van der Waals surface area (Å²) in [6.07, 6.45) is 8.62. The number of methoxy groups -OCH3 is 1. The van der Waals surface area contributed by atoms with E-state index in [-0.39, 0.29) is 18.4 Å². The third kappa shape index (κ3) is 5.86. The van der Waals surface area contributed by atoms with Crippen molar-refractivity contribution >= 4 is 18.1 Å². The Morgan fingerprint density at radius 2 is 1.84 bits per heavy atom. The molecule has 1 fully saturated rings. The highest BCUT2D eigenvalue weighted by atomic mass is 35.5. The Morgan fingerprint density at radius 3 is 2.58 bits per heavy atom. The molecule has 2 aliphatic heterocycles. The van der Waals surface area contributed by atoms with Crippen molar-refractivity contribution in [1.29, 1.82) is 0 Å². The first-order valence-electron chi connectivity index (χ1n) is 13.6. The fourth-order valence-electron chi connectivity index (χ4n) is 5.41. The second kappa shape index (κ2) is 12.7. The summed E-state index contributed by atoms with van der Waals surface area (Å²) in [6, 6.07) is 8.61. The first-order valence-corrected chi connectivity index (χ1v) is 13.6. The molecular formula is C29H39ClN6O2. The van der Waals surface area contributed by atoms with Crippen LogP contribution in [0.15, 0.2) is 63.6 Å². The number of fused-ring (bicyclic) bond motifs is 2. The van der Waals surface area contributed by atoms with Crippen LogP contribution in [0, 0.1) is 0 Å². The molecule has 0 saturated carbocycles. The molecule has 2 aromatic rings. The number of ether oxygens (including phenoxy) is 2. The summed E-state index contributed by atoms with van der Waals surface area (Å²) in [6.45, 7) is 7.65. The van der Waals surface area contributed by atoms with Gasteiger partial charge in [0.25, 0.3) is 0 Å². The molecule has 8 nitrogen and oxygen atoms in total. The van der Waals surface area contributed by atoms with Gasteiger partial charge in [0.05, 0.1) is 32.0 Å². The predicted molar refractivity (Wildman–Crippen MR) is 152 cm³/mol. The highest BCUT2D eigenvalue weighted by molar-refractivity contribution is 6.17. The second-order valence-corrected chi connectivity index (χ2v) is 10.0. The number of unbranched alkanes of at least 4 members (excludes halogenated alkanes) is 3. The van der Waals surface area contributed by atoms with Crippen LogP contribution in [-0.4, -0.2) is 70.7 Å². The quantitative estimate of drug-likeness (QED) is 0.378. The molecule has 3 aliphatic rings. The number of dihydropyridines is 1. The maximum Gasteiger partial charge on any atom is 0.204 e. The van der Waals surface area contributed by atoms with Crippen LogP contribution in [0.1, 0.15) is 57.9 Å². The van der Waals surface area contributed by atoms with Crippen molar-refractivity contribution in [3.8, 4) is 11.4 Å². The number of likely N-dealkylation sites (tertiary alicyclic amines) is 1. The van der Waals surface area contributed by atoms with Gasteiger partial charge < -0.3 is 14.4 Å². The third-order valence-electron chi connectivity index (χ3n) is 7.39. The van der Waals surface area contributed by atoms with Gasteiger partial charge in [0.2, 0.25) is 5.82 Å². The van der Waals surface area contributed by atoms with E-state index in [1.54, 1.807) is 11.9 Å². The maximum absolute atomic E-state index is 5.99. The average Bonchev–Trinajstić information content (AvgIpc) is 3.40. The molecule has 3 heterocycles. The van der Waals surface area contributed by atoms with Crippen LogP contribution in [-0.2, 0) is 16.0 Å². The van der Waals surface area contributed by atoms with E-state index in [0.717, 1.165) is 72.8 Å². The molecule has 1 unspecified atom stereocenters. The summed E-state index contributed by atoms with van der Waals surface area (Å²) in [4.78, 5) is 9.38. The van der Waals surface area contributed by atoms with E-state index < -0.39 is 0 Å². The molecule has 204 valence electrons. The van der Waals surface area contributed by atoms with E-state index in [2.05, 4.69) is 64.6 Å². The lowest BCUT2D eigenvalue weighted by Crippen LogP contribution is -2.39. The van der Waals surface area contributed by atoms with Gasteiger partial charge in [-0.25, -0.2) is 0 Å².